The van der Waals surface area contributed by atoms with Gasteiger partial charge in [-0.15, -0.1) is 0 Å². The lowest BCUT2D eigenvalue weighted by atomic mass is 10.0. The maximum Gasteiger partial charge on any atom is 0.305 e. The van der Waals surface area contributed by atoms with Crippen molar-refractivity contribution in [3.63, 3.8) is 0 Å². The molecular weight excluding hydrogens is 772 g/mol. The normalized spacial score (nSPS) is 13.3. The maximum atomic E-state index is 13.4. The second kappa shape index (κ2) is 23.2. The molecule has 0 saturated heterocycles. The van der Waals surface area contributed by atoms with Crippen LogP contribution in [0.4, 0.5) is 0 Å². The van der Waals surface area contributed by atoms with E-state index in [4.69, 9.17) is 16.6 Å². The molecule has 0 radical (unpaired) electrons. The number of amides is 7. The number of carboxylic acids is 4. The highest BCUT2D eigenvalue weighted by Gasteiger charge is 2.35. The van der Waals surface area contributed by atoms with Crippen LogP contribution in [0.5, 0.6) is 0 Å². The number of carboxylic acid groups (broad SMARTS) is 4. The molecule has 0 aliphatic rings. The molecule has 0 spiro atoms. The van der Waals surface area contributed by atoms with E-state index < -0.39 is 128 Å². The number of carbonyl (C=O) groups is 11. The second-order valence-electron chi connectivity index (χ2n) is 12.6. The van der Waals surface area contributed by atoms with Gasteiger partial charge in [0.2, 0.25) is 35.4 Å². The minimum atomic E-state index is -2.16. The zero-order valence-electron chi connectivity index (χ0n) is 30.7. The van der Waals surface area contributed by atoms with Crippen molar-refractivity contribution in [2.75, 3.05) is 13.1 Å². The van der Waals surface area contributed by atoms with Crippen molar-refractivity contribution in [2.45, 2.75) is 75.2 Å². The minimum Gasteiger partial charge on any atom is -0.481 e. The van der Waals surface area contributed by atoms with E-state index in [1.165, 1.54) is 12.1 Å². The summed E-state index contributed by atoms with van der Waals surface area (Å²) in [5.74, 6) is -15.1. The Morgan fingerprint density at radius 1 is 0.500 bits per heavy atom. The number of imide groups is 1. The first-order valence-electron chi connectivity index (χ1n) is 17.5. The molecule has 0 heterocycles. The first-order valence-corrected chi connectivity index (χ1v) is 17.5. The van der Waals surface area contributed by atoms with Crippen LogP contribution in [0.2, 0.25) is 0 Å². The van der Waals surface area contributed by atoms with Crippen molar-refractivity contribution in [3.8, 4) is 0 Å². The number of unbranched alkanes of at least 4 members (excludes halogenated alkanes) is 1. The van der Waals surface area contributed by atoms with Crippen LogP contribution in [-0.2, 0) is 47.9 Å². The molecule has 58 heavy (non-hydrogen) atoms. The Hall–Kier alpha value is -7.01. The molecule has 0 saturated carbocycles. The average Bonchev–Trinajstić information content (AvgIpc) is 3.15. The summed E-state index contributed by atoms with van der Waals surface area (Å²) < 4.78 is 0. The third-order valence-electron chi connectivity index (χ3n) is 8.08. The van der Waals surface area contributed by atoms with Gasteiger partial charge in [0, 0.05) is 5.56 Å². The van der Waals surface area contributed by atoms with Gasteiger partial charge in [-0.25, -0.2) is 0 Å². The van der Waals surface area contributed by atoms with E-state index in [1.54, 1.807) is 30.3 Å². The summed E-state index contributed by atoms with van der Waals surface area (Å²) in [7, 11) is 0. The highest BCUT2D eigenvalue weighted by Crippen LogP contribution is 2.16. The van der Waals surface area contributed by atoms with Crippen molar-refractivity contribution >= 4 is 76.0 Å². The Morgan fingerprint density at radius 3 is 1.33 bits per heavy atom. The standard InChI is InChI=1S/C35H44N8O15/c36-10-4-3-7-20(31(54)43-30(53)19-9-8-17-5-1-2-6-18(17)11-19)39-33(56)22(13-27(47)48)41-35(58)24(15-29(51)52)42-34(57)23(14-28(49)50)40-32(55)21(12-26(45)46)38-25(44)16-37/h1-2,5-6,8-9,11,20-24H,3-4,7,10,12-16,36-37H2,(H,38,44)(H,39,56)(H,40,55)(H,41,58)(H,42,57)(H,45,46)(H,47,48)(H,49,50)(H,51,52)(H,43,53,54)/t20-,21-,22-,23-,24-/m0/s1. The van der Waals surface area contributed by atoms with Gasteiger partial charge in [-0.2, -0.15) is 0 Å². The lowest BCUT2D eigenvalue weighted by molar-refractivity contribution is -0.145. The summed E-state index contributed by atoms with van der Waals surface area (Å²) in [4.78, 5) is 137. The highest BCUT2D eigenvalue weighted by atomic mass is 16.4. The monoisotopic (exact) mass is 816 g/mol. The Morgan fingerprint density at radius 2 is 0.914 bits per heavy atom. The smallest absolute Gasteiger partial charge is 0.305 e. The molecular formula is C35H44N8O15. The fourth-order valence-electron chi connectivity index (χ4n) is 5.24. The van der Waals surface area contributed by atoms with Gasteiger partial charge in [0.25, 0.3) is 5.91 Å². The predicted molar refractivity (Wildman–Crippen MR) is 197 cm³/mol. The van der Waals surface area contributed by atoms with Gasteiger partial charge >= 0.3 is 23.9 Å². The van der Waals surface area contributed by atoms with Crippen LogP contribution in [0.1, 0.15) is 55.3 Å². The maximum absolute atomic E-state index is 13.4. The first kappa shape index (κ1) is 47.1. The van der Waals surface area contributed by atoms with Crippen LogP contribution >= 0.6 is 0 Å². The number of hydrogen-bond acceptors (Lipinski definition) is 13. The summed E-state index contributed by atoms with van der Waals surface area (Å²) in [6, 6.07) is 2.10. The molecule has 14 N–H and O–H groups in total. The van der Waals surface area contributed by atoms with Crippen LogP contribution < -0.4 is 43.4 Å². The number of carbonyl (C=O) groups excluding carboxylic acids is 7. The predicted octanol–water partition coefficient (Wildman–Crippen LogP) is -3.49. The summed E-state index contributed by atoms with van der Waals surface area (Å²) in [6.45, 7) is -0.485. The molecule has 5 atom stereocenters. The van der Waals surface area contributed by atoms with Gasteiger partial charge in [0.05, 0.1) is 32.2 Å². The van der Waals surface area contributed by atoms with E-state index in [9.17, 15) is 68.1 Å². The quantitative estimate of drug-likeness (QED) is 0.0457. The molecule has 0 aliphatic carbocycles. The van der Waals surface area contributed by atoms with Crippen molar-refractivity contribution in [2.24, 2.45) is 11.5 Å². The van der Waals surface area contributed by atoms with Crippen molar-refractivity contribution in [3.05, 3.63) is 48.0 Å². The molecule has 0 aliphatic heterocycles. The van der Waals surface area contributed by atoms with Gasteiger partial charge < -0.3 is 58.5 Å². The molecule has 23 heteroatoms. The van der Waals surface area contributed by atoms with E-state index in [-0.39, 0.29) is 24.9 Å². The third-order valence-corrected chi connectivity index (χ3v) is 8.08. The van der Waals surface area contributed by atoms with E-state index in [0.717, 1.165) is 5.39 Å². The van der Waals surface area contributed by atoms with E-state index >= 15 is 0 Å². The summed E-state index contributed by atoms with van der Waals surface area (Å²) in [5.41, 5.74) is 10.8. The fourth-order valence-corrected chi connectivity index (χ4v) is 5.24. The van der Waals surface area contributed by atoms with Gasteiger partial charge in [-0.05, 0) is 48.7 Å². The minimum absolute atomic E-state index is 0.102. The molecule has 314 valence electrons. The Kier molecular flexibility index (Phi) is 18.8. The average molecular weight is 817 g/mol. The Labute approximate surface area is 328 Å². The molecule has 0 fully saturated rings. The number of benzene rings is 2. The molecule has 23 nitrogen and oxygen atoms in total. The molecule has 2 aromatic carbocycles. The third kappa shape index (κ3) is 16.0. The van der Waals surface area contributed by atoms with Crippen LogP contribution in [-0.4, -0.2) is 129 Å². The topological polar surface area (TPSA) is 393 Å². The van der Waals surface area contributed by atoms with Crippen LogP contribution in [0, 0.1) is 0 Å². The molecule has 0 aromatic heterocycles. The molecule has 7 amide bonds. The summed E-state index contributed by atoms with van der Waals surface area (Å²) >= 11 is 0. The van der Waals surface area contributed by atoms with Crippen molar-refractivity contribution in [1.29, 1.82) is 0 Å². The SMILES string of the molecule is NCCCC[C@H](NC(=O)[C@H](CC(=O)O)NC(=O)[C@H](CC(=O)O)NC(=O)[C@H](CC(=O)O)NC(=O)[C@H](CC(=O)O)NC(=O)CN)C(=O)NC(=O)c1ccc2ccccc2c1. The van der Waals surface area contributed by atoms with Gasteiger partial charge in [0.15, 0.2) is 0 Å². The lowest BCUT2D eigenvalue weighted by Gasteiger charge is -2.26. The Balaban J connectivity index is 2.31. The molecule has 2 aromatic rings. The second-order valence-corrected chi connectivity index (χ2v) is 12.6. The Bertz CT molecular complexity index is 1910. The fraction of sp³-hybridized carbons (Fsp3) is 0.400. The number of aliphatic carboxylic acids is 4. The number of nitrogens with two attached hydrogens (primary N) is 2. The van der Waals surface area contributed by atoms with Gasteiger partial charge in [0.1, 0.15) is 30.2 Å². The van der Waals surface area contributed by atoms with Gasteiger partial charge in [-0.3, -0.25) is 58.1 Å². The number of fused-ring (bicyclic) bond motifs is 1. The molecule has 0 bridgehead atoms. The molecule has 0 unspecified atom stereocenters. The summed E-state index contributed by atoms with van der Waals surface area (Å²) in [6.07, 6.45) is -4.11. The first-order chi connectivity index (χ1) is 27.3. The number of nitrogens with one attached hydrogen (secondary N) is 6. The number of hydrogen-bond donors (Lipinski definition) is 12. The zero-order chi connectivity index (χ0) is 43.5. The zero-order valence-corrected chi connectivity index (χ0v) is 30.7. The lowest BCUT2D eigenvalue weighted by Crippen LogP contribution is -2.60. The summed E-state index contributed by atoms with van der Waals surface area (Å²) in [5, 5.41) is 51.2. The van der Waals surface area contributed by atoms with Gasteiger partial charge in [-0.1, -0.05) is 30.3 Å². The van der Waals surface area contributed by atoms with Crippen molar-refractivity contribution < 1.29 is 73.2 Å². The van der Waals surface area contributed by atoms with E-state index in [1.807, 2.05) is 21.3 Å². The largest absolute Gasteiger partial charge is 0.481 e. The van der Waals surface area contributed by atoms with Crippen LogP contribution in [0.25, 0.3) is 10.8 Å². The van der Waals surface area contributed by atoms with E-state index in [0.29, 0.717) is 11.8 Å². The molecule has 2 rings (SSSR count). The number of rotatable bonds is 24. The van der Waals surface area contributed by atoms with Crippen LogP contribution in [0.15, 0.2) is 42.5 Å². The van der Waals surface area contributed by atoms with E-state index in [2.05, 4.69) is 10.6 Å². The van der Waals surface area contributed by atoms with Crippen LogP contribution in [0.3, 0.4) is 0 Å². The highest BCUT2D eigenvalue weighted by molar-refractivity contribution is 6.08. The van der Waals surface area contributed by atoms with Crippen molar-refractivity contribution in [1.82, 2.24) is 31.9 Å².